The highest BCUT2D eigenvalue weighted by molar-refractivity contribution is 6.00. The summed E-state index contributed by atoms with van der Waals surface area (Å²) in [5.74, 6) is -2.10. The van der Waals surface area contributed by atoms with Crippen molar-refractivity contribution >= 4 is 17.6 Å². The Morgan fingerprint density at radius 2 is 1.96 bits per heavy atom. The molecule has 1 amide bonds. The van der Waals surface area contributed by atoms with Crippen molar-refractivity contribution in [2.45, 2.75) is 0 Å². The number of methoxy groups -OCH3 is 1. The molecule has 0 aliphatic carbocycles. The highest BCUT2D eigenvalue weighted by Crippen LogP contribution is 2.23. The van der Waals surface area contributed by atoms with Crippen LogP contribution >= 0.6 is 0 Å². The molecule has 0 saturated heterocycles. The van der Waals surface area contributed by atoms with Crippen molar-refractivity contribution in [2.75, 3.05) is 19.1 Å². The summed E-state index contributed by atoms with van der Waals surface area (Å²) in [6.45, 7) is -0.459. The zero-order chi connectivity index (χ0) is 17.7. The van der Waals surface area contributed by atoms with E-state index in [0.29, 0.717) is 5.56 Å². The summed E-state index contributed by atoms with van der Waals surface area (Å²) < 4.78 is 22.3. The summed E-state index contributed by atoms with van der Waals surface area (Å²) in [6.07, 6.45) is 0. The summed E-state index contributed by atoms with van der Waals surface area (Å²) in [4.78, 5) is 35.0. The third-order valence-corrected chi connectivity index (χ3v) is 3.05. The van der Waals surface area contributed by atoms with Gasteiger partial charge in [-0.2, -0.15) is 0 Å². The molecule has 0 spiro atoms. The largest absolute Gasteiger partial charge is 0.468 e. The van der Waals surface area contributed by atoms with Crippen LogP contribution in [-0.2, 0) is 9.53 Å². The topological polar surface area (TPSA) is 118 Å². The predicted molar refractivity (Wildman–Crippen MR) is 80.1 cm³/mol. The Kier molecular flexibility index (Phi) is 5.27. The third kappa shape index (κ3) is 3.76. The van der Waals surface area contributed by atoms with E-state index in [4.69, 9.17) is 9.62 Å². The number of nitrogens with one attached hydrogen (secondary N) is 2. The Morgan fingerprint density at radius 1 is 1.29 bits per heavy atom. The van der Waals surface area contributed by atoms with Crippen molar-refractivity contribution in [2.24, 2.45) is 0 Å². The first-order valence-corrected chi connectivity index (χ1v) is 6.65. The fourth-order valence-corrected chi connectivity index (χ4v) is 1.87. The van der Waals surface area contributed by atoms with Gasteiger partial charge in [-0.25, -0.2) is 9.18 Å². The molecule has 0 radical (unpaired) electrons. The van der Waals surface area contributed by atoms with Crippen molar-refractivity contribution in [3.05, 3.63) is 52.1 Å². The van der Waals surface area contributed by atoms with E-state index < -0.39 is 35.4 Å². The maximum absolute atomic E-state index is 12.9. The zero-order valence-electron chi connectivity index (χ0n) is 12.5. The zero-order valence-corrected chi connectivity index (χ0v) is 12.5. The number of ether oxygens (including phenoxy) is 1. The third-order valence-electron chi connectivity index (χ3n) is 3.05. The number of halogens is 1. The summed E-state index contributed by atoms with van der Waals surface area (Å²) in [7, 11) is 1.14. The Labute approximate surface area is 134 Å². The van der Waals surface area contributed by atoms with Crippen LogP contribution in [0, 0.1) is 5.82 Å². The summed E-state index contributed by atoms with van der Waals surface area (Å²) in [6, 6.07) is 6.26. The van der Waals surface area contributed by atoms with Gasteiger partial charge in [0.2, 0.25) is 0 Å². The molecule has 0 aliphatic heterocycles. The van der Waals surface area contributed by atoms with E-state index in [1.54, 1.807) is 5.48 Å². The Balaban J connectivity index is 2.37. The van der Waals surface area contributed by atoms with E-state index in [0.717, 1.165) is 7.11 Å². The van der Waals surface area contributed by atoms with Gasteiger partial charge in [0, 0.05) is 11.6 Å². The summed E-state index contributed by atoms with van der Waals surface area (Å²) in [5, 5.41) is 11.3. The first-order valence-electron chi connectivity index (χ1n) is 6.65. The second-order valence-electron chi connectivity index (χ2n) is 4.56. The molecule has 1 aromatic heterocycles. The molecule has 0 bridgehead atoms. The van der Waals surface area contributed by atoms with Crippen molar-refractivity contribution in [1.29, 1.82) is 0 Å². The van der Waals surface area contributed by atoms with Gasteiger partial charge in [-0.1, -0.05) is 0 Å². The highest BCUT2D eigenvalue weighted by atomic mass is 19.1. The van der Waals surface area contributed by atoms with Gasteiger partial charge in [0.1, 0.15) is 18.1 Å². The first kappa shape index (κ1) is 17.2. The molecule has 0 atom stereocenters. The maximum atomic E-state index is 12.9. The minimum Gasteiger partial charge on any atom is -0.468 e. The minimum absolute atomic E-state index is 0.0149. The number of hydrogen-bond acceptors (Lipinski definition) is 7. The van der Waals surface area contributed by atoms with Crippen molar-refractivity contribution in [3.63, 3.8) is 0 Å². The SMILES string of the molecule is COC(=O)CNC(=O)c1c(NO)cc(-c2ccc(F)cc2)oc1=O. The van der Waals surface area contributed by atoms with Gasteiger partial charge in [0.05, 0.1) is 12.8 Å². The maximum Gasteiger partial charge on any atom is 0.351 e. The molecule has 3 N–H and O–H groups in total. The quantitative estimate of drug-likeness (QED) is 0.554. The van der Waals surface area contributed by atoms with Crippen molar-refractivity contribution in [3.8, 4) is 11.3 Å². The lowest BCUT2D eigenvalue weighted by molar-refractivity contribution is -0.139. The van der Waals surface area contributed by atoms with E-state index >= 15 is 0 Å². The number of benzene rings is 1. The molecule has 8 nitrogen and oxygen atoms in total. The Bertz CT molecular complexity index is 816. The van der Waals surface area contributed by atoms with E-state index in [2.05, 4.69) is 10.1 Å². The van der Waals surface area contributed by atoms with E-state index in [9.17, 15) is 18.8 Å². The smallest absolute Gasteiger partial charge is 0.351 e. The lowest BCUT2D eigenvalue weighted by atomic mass is 10.1. The fraction of sp³-hybridized carbons (Fsp3) is 0.133. The Morgan fingerprint density at radius 3 is 2.54 bits per heavy atom. The number of hydrogen-bond donors (Lipinski definition) is 3. The van der Waals surface area contributed by atoms with E-state index in [-0.39, 0.29) is 11.4 Å². The van der Waals surface area contributed by atoms with Crippen LogP contribution in [0.25, 0.3) is 11.3 Å². The summed E-state index contributed by atoms with van der Waals surface area (Å²) >= 11 is 0. The molecule has 0 saturated carbocycles. The fourth-order valence-electron chi connectivity index (χ4n) is 1.87. The van der Waals surface area contributed by atoms with Crippen molar-refractivity contribution < 1.29 is 28.3 Å². The number of rotatable bonds is 5. The second-order valence-corrected chi connectivity index (χ2v) is 4.56. The van der Waals surface area contributed by atoms with E-state index in [1.165, 1.54) is 30.3 Å². The van der Waals surface area contributed by atoms with Crippen LogP contribution in [0.1, 0.15) is 10.4 Å². The van der Waals surface area contributed by atoms with Crippen LogP contribution in [0.3, 0.4) is 0 Å². The molecule has 0 aliphatic rings. The van der Waals surface area contributed by atoms with Crippen LogP contribution in [-0.4, -0.2) is 30.7 Å². The van der Waals surface area contributed by atoms with Crippen LogP contribution in [0.15, 0.2) is 39.5 Å². The minimum atomic E-state index is -1.05. The molecule has 24 heavy (non-hydrogen) atoms. The molecule has 126 valence electrons. The number of esters is 1. The van der Waals surface area contributed by atoms with Gasteiger partial charge in [-0.3, -0.25) is 20.3 Å². The monoisotopic (exact) mass is 336 g/mol. The number of carbonyl (C=O) groups is 2. The molecule has 2 rings (SSSR count). The molecular formula is C15H13FN2O6. The molecule has 0 fully saturated rings. The van der Waals surface area contributed by atoms with E-state index in [1.807, 2.05) is 0 Å². The van der Waals surface area contributed by atoms with Gasteiger partial charge in [-0.15, -0.1) is 0 Å². The molecular weight excluding hydrogens is 323 g/mol. The molecule has 1 aromatic carbocycles. The van der Waals surface area contributed by atoms with Gasteiger partial charge >= 0.3 is 11.6 Å². The number of anilines is 1. The predicted octanol–water partition coefficient (Wildman–Crippen LogP) is 1.15. The average Bonchev–Trinajstić information content (AvgIpc) is 2.59. The lowest BCUT2D eigenvalue weighted by Gasteiger charge is -2.09. The molecule has 1 heterocycles. The second kappa shape index (κ2) is 7.38. The van der Waals surface area contributed by atoms with Gasteiger partial charge in [-0.05, 0) is 24.3 Å². The summed E-state index contributed by atoms with van der Waals surface area (Å²) in [5.41, 5.74) is 0.301. The first-order chi connectivity index (χ1) is 11.5. The lowest BCUT2D eigenvalue weighted by Crippen LogP contribution is -2.33. The van der Waals surface area contributed by atoms with Crippen LogP contribution in [0.5, 0.6) is 0 Å². The normalized spacial score (nSPS) is 10.1. The molecule has 0 unspecified atom stereocenters. The van der Waals surface area contributed by atoms with Crippen LogP contribution < -0.4 is 16.4 Å². The number of carbonyl (C=O) groups excluding carboxylic acids is 2. The highest BCUT2D eigenvalue weighted by Gasteiger charge is 2.20. The molecule has 2 aromatic rings. The average molecular weight is 336 g/mol. The van der Waals surface area contributed by atoms with Gasteiger partial charge in [0.15, 0.2) is 5.56 Å². The Hall–Kier alpha value is -3.20. The number of amides is 1. The standard InChI is InChI=1S/C15H13FN2O6/c1-23-12(19)7-17-14(20)13-10(18-22)6-11(24-15(13)21)8-2-4-9(16)5-3-8/h2-6,18,22H,7H2,1H3,(H,17,20). The van der Waals surface area contributed by atoms with Crippen LogP contribution in [0.2, 0.25) is 0 Å². The van der Waals surface area contributed by atoms with Gasteiger partial charge in [0.25, 0.3) is 5.91 Å². The van der Waals surface area contributed by atoms with Crippen molar-refractivity contribution in [1.82, 2.24) is 5.32 Å². The molecule has 9 heteroatoms. The van der Waals surface area contributed by atoms with Gasteiger partial charge < -0.3 is 14.5 Å². The van der Waals surface area contributed by atoms with Crippen LogP contribution in [0.4, 0.5) is 10.1 Å².